The van der Waals surface area contributed by atoms with Gasteiger partial charge >= 0.3 is 5.97 Å². The number of aromatic amines is 1. The molecule has 3 aromatic rings. The molecule has 202 valence electrons. The fraction of sp³-hybridized carbons (Fsp3) is 0.333. The number of rotatable bonds is 12. The number of aromatic hydroxyl groups is 1. The second kappa shape index (κ2) is 12.7. The van der Waals surface area contributed by atoms with E-state index >= 15 is 0 Å². The van der Waals surface area contributed by atoms with E-state index in [2.05, 4.69) is 20.9 Å². The number of benzene rings is 2. The molecular weight excluding hydrogens is 490 g/mol. The Balaban J connectivity index is 1.61. The zero-order chi connectivity index (χ0) is 27.8. The average Bonchev–Trinajstić information content (AvgIpc) is 3.28. The molecule has 1 heterocycles. The number of carbonyl (C=O) groups excluding carboxylic acids is 3. The number of aromatic nitrogens is 1. The van der Waals surface area contributed by atoms with Gasteiger partial charge in [-0.3, -0.25) is 14.4 Å². The Kier molecular flexibility index (Phi) is 9.44. The largest absolute Gasteiger partial charge is 0.508 e. The molecule has 0 saturated carbocycles. The van der Waals surface area contributed by atoms with Gasteiger partial charge in [0.15, 0.2) is 0 Å². The number of amides is 3. The van der Waals surface area contributed by atoms with Crippen molar-refractivity contribution in [3.05, 3.63) is 65.9 Å². The van der Waals surface area contributed by atoms with Crippen molar-refractivity contribution in [2.45, 2.75) is 44.8 Å². The Bertz CT molecular complexity index is 1290. The van der Waals surface area contributed by atoms with E-state index in [0.29, 0.717) is 5.56 Å². The third-order valence-electron chi connectivity index (χ3n) is 6.13. The minimum atomic E-state index is -1.19. The lowest BCUT2D eigenvalue weighted by Crippen LogP contribution is -2.55. The summed E-state index contributed by atoms with van der Waals surface area (Å²) < 4.78 is 0. The fourth-order valence-corrected chi connectivity index (χ4v) is 4.02. The summed E-state index contributed by atoms with van der Waals surface area (Å²) in [5, 5.41) is 27.4. The molecule has 11 nitrogen and oxygen atoms in total. The van der Waals surface area contributed by atoms with E-state index in [-0.39, 0.29) is 24.5 Å². The van der Waals surface area contributed by atoms with Gasteiger partial charge in [-0.05, 0) is 41.7 Å². The van der Waals surface area contributed by atoms with Crippen LogP contribution >= 0.6 is 0 Å². The SMILES string of the molecule is CC(C)C(NC(=O)C(Cc1ccc(O)cc1)NC(=O)CNC(=O)C(N)Cc1c[nH]c2ccccc12)C(=O)O. The molecule has 8 N–H and O–H groups in total. The number of aliphatic carboxylic acids is 1. The zero-order valence-corrected chi connectivity index (χ0v) is 21.2. The van der Waals surface area contributed by atoms with Crippen LogP contribution in [-0.4, -0.2) is 63.6 Å². The molecule has 0 bridgehead atoms. The number of H-pyrrole nitrogens is 1. The average molecular weight is 524 g/mol. The number of carbonyl (C=O) groups is 4. The van der Waals surface area contributed by atoms with Crippen LogP contribution in [0.3, 0.4) is 0 Å². The number of para-hydroxylation sites is 1. The number of fused-ring (bicyclic) bond motifs is 1. The van der Waals surface area contributed by atoms with Crippen molar-refractivity contribution in [1.82, 2.24) is 20.9 Å². The van der Waals surface area contributed by atoms with Crippen LogP contribution < -0.4 is 21.7 Å². The molecule has 2 aromatic carbocycles. The standard InChI is InChI=1S/C27H33N5O6/c1-15(2)24(27(37)38)32-26(36)22(11-16-7-9-18(33)10-8-16)31-23(34)14-30-25(35)20(28)12-17-13-29-21-6-4-3-5-19(17)21/h3-10,13,15,20,22,24,29,33H,11-12,14,28H2,1-2H3,(H,30,35)(H,31,34)(H,32,36)(H,37,38). The number of carboxylic acid groups (broad SMARTS) is 1. The Hall–Kier alpha value is -4.38. The number of hydrogen-bond donors (Lipinski definition) is 7. The van der Waals surface area contributed by atoms with Gasteiger partial charge in [-0.1, -0.05) is 44.2 Å². The molecule has 38 heavy (non-hydrogen) atoms. The quantitative estimate of drug-likeness (QED) is 0.183. The Labute approximate surface area is 219 Å². The van der Waals surface area contributed by atoms with Crippen molar-refractivity contribution < 1.29 is 29.4 Å². The highest BCUT2D eigenvalue weighted by molar-refractivity contribution is 5.93. The van der Waals surface area contributed by atoms with Gasteiger partial charge in [0.25, 0.3) is 0 Å². The Morgan fingerprint density at radius 3 is 2.29 bits per heavy atom. The second-order valence-electron chi connectivity index (χ2n) is 9.45. The van der Waals surface area contributed by atoms with Gasteiger partial charge in [-0.2, -0.15) is 0 Å². The molecule has 3 rings (SSSR count). The maximum Gasteiger partial charge on any atom is 0.326 e. The summed E-state index contributed by atoms with van der Waals surface area (Å²) in [6.07, 6.45) is 2.09. The molecule has 3 unspecified atom stereocenters. The minimum absolute atomic E-state index is 0.0380. The van der Waals surface area contributed by atoms with Gasteiger partial charge in [-0.25, -0.2) is 4.79 Å². The van der Waals surface area contributed by atoms with Crippen molar-refractivity contribution in [1.29, 1.82) is 0 Å². The Morgan fingerprint density at radius 1 is 0.947 bits per heavy atom. The lowest BCUT2D eigenvalue weighted by molar-refractivity contribution is -0.143. The van der Waals surface area contributed by atoms with Crippen LogP contribution in [0.1, 0.15) is 25.0 Å². The first-order valence-corrected chi connectivity index (χ1v) is 12.2. The van der Waals surface area contributed by atoms with E-state index in [1.807, 2.05) is 24.3 Å². The van der Waals surface area contributed by atoms with E-state index < -0.39 is 48.4 Å². The van der Waals surface area contributed by atoms with Crippen LogP contribution in [0.4, 0.5) is 0 Å². The van der Waals surface area contributed by atoms with E-state index in [0.717, 1.165) is 16.5 Å². The van der Waals surface area contributed by atoms with Crippen LogP contribution in [0.5, 0.6) is 5.75 Å². The van der Waals surface area contributed by atoms with Gasteiger partial charge in [0.2, 0.25) is 17.7 Å². The highest BCUT2D eigenvalue weighted by atomic mass is 16.4. The van der Waals surface area contributed by atoms with Gasteiger partial charge in [0, 0.05) is 23.5 Å². The zero-order valence-electron chi connectivity index (χ0n) is 21.2. The molecule has 0 aliphatic heterocycles. The molecule has 0 fully saturated rings. The number of nitrogens with two attached hydrogens (primary N) is 1. The monoisotopic (exact) mass is 523 g/mol. The highest BCUT2D eigenvalue weighted by Crippen LogP contribution is 2.18. The van der Waals surface area contributed by atoms with Crippen LogP contribution in [0.2, 0.25) is 0 Å². The summed E-state index contributed by atoms with van der Waals surface area (Å²) in [5.41, 5.74) is 8.49. The van der Waals surface area contributed by atoms with E-state index in [1.54, 1.807) is 32.2 Å². The molecule has 1 aromatic heterocycles. The van der Waals surface area contributed by atoms with Crippen molar-refractivity contribution in [3.8, 4) is 5.75 Å². The predicted molar refractivity (Wildman–Crippen MR) is 141 cm³/mol. The van der Waals surface area contributed by atoms with Crippen molar-refractivity contribution in [2.75, 3.05) is 6.54 Å². The van der Waals surface area contributed by atoms with Crippen molar-refractivity contribution in [3.63, 3.8) is 0 Å². The second-order valence-corrected chi connectivity index (χ2v) is 9.45. The first-order valence-electron chi connectivity index (χ1n) is 12.2. The summed E-state index contributed by atoms with van der Waals surface area (Å²) in [6.45, 7) is 2.88. The van der Waals surface area contributed by atoms with Gasteiger partial charge in [-0.15, -0.1) is 0 Å². The van der Waals surface area contributed by atoms with Gasteiger partial charge in [0.05, 0.1) is 12.6 Å². The summed E-state index contributed by atoms with van der Waals surface area (Å²) in [5.74, 6) is -3.41. The summed E-state index contributed by atoms with van der Waals surface area (Å²) in [4.78, 5) is 52.8. The highest BCUT2D eigenvalue weighted by Gasteiger charge is 2.29. The molecular formula is C27H33N5O6. The molecule has 0 aliphatic carbocycles. The third-order valence-corrected chi connectivity index (χ3v) is 6.13. The van der Waals surface area contributed by atoms with Gasteiger partial charge < -0.3 is 36.9 Å². The van der Waals surface area contributed by atoms with Gasteiger partial charge in [0.1, 0.15) is 17.8 Å². The summed E-state index contributed by atoms with van der Waals surface area (Å²) >= 11 is 0. The molecule has 0 aliphatic rings. The van der Waals surface area contributed by atoms with Crippen molar-refractivity contribution >= 4 is 34.6 Å². The number of phenols is 1. The van der Waals surface area contributed by atoms with Crippen LogP contribution in [0.25, 0.3) is 10.9 Å². The lowest BCUT2D eigenvalue weighted by atomic mass is 10.0. The maximum atomic E-state index is 13.0. The smallest absolute Gasteiger partial charge is 0.326 e. The molecule has 3 atom stereocenters. The number of hydrogen-bond acceptors (Lipinski definition) is 6. The van der Waals surface area contributed by atoms with Crippen LogP contribution in [0, 0.1) is 5.92 Å². The van der Waals surface area contributed by atoms with Crippen molar-refractivity contribution in [2.24, 2.45) is 11.7 Å². The van der Waals surface area contributed by atoms with E-state index in [1.165, 1.54) is 12.1 Å². The normalized spacial score (nSPS) is 13.5. The first-order chi connectivity index (χ1) is 18.0. The van der Waals surface area contributed by atoms with E-state index in [9.17, 15) is 29.4 Å². The Morgan fingerprint density at radius 2 is 1.63 bits per heavy atom. The molecule has 0 spiro atoms. The minimum Gasteiger partial charge on any atom is -0.508 e. The molecule has 3 amide bonds. The predicted octanol–water partition coefficient (Wildman–Crippen LogP) is 0.812. The first kappa shape index (κ1) is 28.2. The number of carboxylic acids is 1. The summed E-state index contributed by atoms with van der Waals surface area (Å²) in [6, 6.07) is 10.5. The molecule has 0 radical (unpaired) electrons. The van der Waals surface area contributed by atoms with Crippen LogP contribution in [-0.2, 0) is 32.0 Å². The molecule has 11 heteroatoms. The third kappa shape index (κ3) is 7.56. The maximum absolute atomic E-state index is 13.0. The van der Waals surface area contributed by atoms with E-state index in [4.69, 9.17) is 5.73 Å². The number of phenolic OH excluding ortho intramolecular Hbond substituents is 1. The topological polar surface area (TPSA) is 187 Å². The molecule has 0 saturated heterocycles. The summed E-state index contributed by atoms with van der Waals surface area (Å²) in [7, 11) is 0. The number of nitrogens with one attached hydrogen (secondary N) is 4. The van der Waals surface area contributed by atoms with Crippen LogP contribution in [0.15, 0.2) is 54.7 Å². The fourth-order valence-electron chi connectivity index (χ4n) is 4.02. The lowest BCUT2D eigenvalue weighted by Gasteiger charge is -2.23.